The van der Waals surface area contributed by atoms with Crippen LogP contribution in [0.5, 0.6) is 0 Å². The number of hydrogen-bond acceptors (Lipinski definition) is 2. The Bertz CT molecular complexity index is 766. The normalized spacial score (nSPS) is 46.9. The fraction of sp³-hybridized carbons (Fsp3) is 0.800. The van der Waals surface area contributed by atoms with Crippen molar-refractivity contribution in [3.8, 4) is 0 Å². The third-order valence-electron chi connectivity index (χ3n) is 9.77. The molecule has 5 rings (SSSR count). The monoisotopic (exact) mass is 382 g/mol. The fourth-order valence-electron chi connectivity index (χ4n) is 8.11. The highest BCUT2D eigenvalue weighted by Gasteiger charge is 2.60. The zero-order valence-corrected chi connectivity index (χ0v) is 18.0. The van der Waals surface area contributed by atoms with Crippen molar-refractivity contribution >= 4 is 6.08 Å². The van der Waals surface area contributed by atoms with Crippen LogP contribution in [-0.2, 0) is 6.54 Å². The number of aliphatic hydroxyl groups excluding tert-OH is 1. The largest absolute Gasteiger partial charge is 0.388 e. The molecule has 154 valence electrons. The van der Waals surface area contributed by atoms with Gasteiger partial charge in [0.15, 0.2) is 0 Å². The Morgan fingerprint density at radius 1 is 1.11 bits per heavy atom. The molecular weight excluding hydrogens is 344 g/mol. The van der Waals surface area contributed by atoms with Gasteiger partial charge in [0.25, 0.3) is 0 Å². The molecule has 0 spiro atoms. The van der Waals surface area contributed by atoms with E-state index in [1.807, 2.05) is 10.9 Å². The summed E-state index contributed by atoms with van der Waals surface area (Å²) >= 11 is 0. The molecule has 0 bridgehead atoms. The number of fused-ring (bicyclic) bond motifs is 5. The van der Waals surface area contributed by atoms with E-state index in [-0.39, 0.29) is 11.5 Å². The van der Waals surface area contributed by atoms with Crippen LogP contribution >= 0.6 is 0 Å². The quantitative estimate of drug-likeness (QED) is 0.713. The van der Waals surface area contributed by atoms with Crippen molar-refractivity contribution in [3.05, 3.63) is 23.5 Å². The molecule has 4 aliphatic rings. The third-order valence-corrected chi connectivity index (χ3v) is 9.77. The first-order valence-corrected chi connectivity index (χ1v) is 11.9. The second-order valence-electron chi connectivity index (χ2n) is 10.9. The van der Waals surface area contributed by atoms with E-state index in [9.17, 15) is 5.11 Å². The molecule has 7 atom stereocenters. The van der Waals surface area contributed by atoms with E-state index in [0.29, 0.717) is 11.3 Å². The summed E-state index contributed by atoms with van der Waals surface area (Å²) in [7, 11) is 0. The lowest BCUT2D eigenvalue weighted by atomic mass is 9.45. The predicted molar refractivity (Wildman–Crippen MR) is 114 cm³/mol. The molecule has 0 aliphatic heterocycles. The summed E-state index contributed by atoms with van der Waals surface area (Å²) in [5.41, 5.74) is 2.89. The van der Waals surface area contributed by atoms with Crippen LogP contribution in [0.2, 0.25) is 0 Å². The standard InChI is InChI=1S/C25H38N2O/c1-4-27-14-11-19(26-27)15-17-16-22-20-9-8-18-7-5-6-12-24(18,2)21(20)10-13-25(22,3)23(17)28/h11,14-15,18,20-23,28H,4-10,12-13,16H2,1-3H3/b17-15-/t18-,20+,21-,22-,23+,24+,25-/m1/s1. The zero-order valence-electron chi connectivity index (χ0n) is 18.0. The molecule has 0 unspecified atom stereocenters. The lowest BCUT2D eigenvalue weighted by Crippen LogP contribution is -2.53. The number of nitrogens with zero attached hydrogens (tertiary/aromatic N) is 2. The topological polar surface area (TPSA) is 38.0 Å². The minimum Gasteiger partial charge on any atom is -0.388 e. The highest BCUT2D eigenvalue weighted by Crippen LogP contribution is 2.66. The highest BCUT2D eigenvalue weighted by atomic mass is 16.3. The molecule has 1 N–H and O–H groups in total. The van der Waals surface area contributed by atoms with Gasteiger partial charge in [-0.3, -0.25) is 4.68 Å². The van der Waals surface area contributed by atoms with E-state index in [1.54, 1.807) is 0 Å². The second kappa shape index (κ2) is 6.72. The van der Waals surface area contributed by atoms with Gasteiger partial charge in [0.05, 0.1) is 11.8 Å². The van der Waals surface area contributed by atoms with Crippen LogP contribution in [0.15, 0.2) is 17.8 Å². The van der Waals surface area contributed by atoms with Crippen molar-refractivity contribution in [2.45, 2.75) is 91.2 Å². The molecule has 4 fully saturated rings. The van der Waals surface area contributed by atoms with Crippen LogP contribution in [0, 0.1) is 34.5 Å². The molecule has 1 aromatic rings. The summed E-state index contributed by atoms with van der Waals surface area (Å²) < 4.78 is 1.98. The van der Waals surface area contributed by atoms with Gasteiger partial charge in [-0.05, 0) is 98.7 Å². The van der Waals surface area contributed by atoms with Crippen LogP contribution in [0.1, 0.15) is 84.3 Å². The lowest BCUT2D eigenvalue weighted by Gasteiger charge is -2.60. The summed E-state index contributed by atoms with van der Waals surface area (Å²) in [6.45, 7) is 8.04. The minimum absolute atomic E-state index is 0.0676. The SMILES string of the molecule is CCn1ccc(/C=C2/C[C@@H]3[C@H]4CC[C@H]5CCCC[C@]5(C)[C@@H]4CC[C@@]3(C)[C@H]2O)n1. The average molecular weight is 383 g/mol. The maximum Gasteiger partial charge on any atom is 0.0851 e. The van der Waals surface area contributed by atoms with E-state index < -0.39 is 0 Å². The van der Waals surface area contributed by atoms with E-state index in [0.717, 1.165) is 36.4 Å². The predicted octanol–water partition coefficient (Wildman–Crippen LogP) is 5.69. The van der Waals surface area contributed by atoms with E-state index in [1.165, 1.54) is 56.9 Å². The number of aliphatic hydroxyl groups is 1. The molecule has 3 nitrogen and oxygen atoms in total. The minimum atomic E-state index is -0.290. The second-order valence-corrected chi connectivity index (χ2v) is 10.9. The molecule has 0 radical (unpaired) electrons. The number of aromatic nitrogens is 2. The summed E-state index contributed by atoms with van der Waals surface area (Å²) in [5.74, 6) is 3.31. The summed E-state index contributed by atoms with van der Waals surface area (Å²) in [4.78, 5) is 0. The first-order chi connectivity index (χ1) is 13.5. The average Bonchev–Trinajstić information content (AvgIpc) is 3.25. The Hall–Kier alpha value is -1.09. The zero-order chi connectivity index (χ0) is 19.5. The molecule has 1 heterocycles. The van der Waals surface area contributed by atoms with Gasteiger partial charge in [-0.15, -0.1) is 0 Å². The molecule has 4 saturated carbocycles. The first kappa shape index (κ1) is 18.9. The van der Waals surface area contributed by atoms with Crippen molar-refractivity contribution in [2.75, 3.05) is 0 Å². The molecule has 4 aliphatic carbocycles. The fourth-order valence-corrected chi connectivity index (χ4v) is 8.11. The van der Waals surface area contributed by atoms with Gasteiger partial charge in [0.1, 0.15) is 0 Å². The maximum absolute atomic E-state index is 11.4. The number of hydrogen-bond donors (Lipinski definition) is 1. The van der Waals surface area contributed by atoms with Gasteiger partial charge in [-0.1, -0.05) is 26.7 Å². The van der Waals surface area contributed by atoms with Gasteiger partial charge >= 0.3 is 0 Å². The summed E-state index contributed by atoms with van der Waals surface area (Å²) in [6.07, 6.45) is 16.2. The Labute approximate surface area is 170 Å². The van der Waals surface area contributed by atoms with Gasteiger partial charge in [-0.2, -0.15) is 5.10 Å². The number of rotatable bonds is 2. The molecule has 28 heavy (non-hydrogen) atoms. The number of aryl methyl sites for hydroxylation is 1. The molecule has 3 heteroatoms. The lowest BCUT2D eigenvalue weighted by molar-refractivity contribution is -0.119. The van der Waals surface area contributed by atoms with Crippen LogP contribution < -0.4 is 0 Å². The van der Waals surface area contributed by atoms with Gasteiger partial charge in [0.2, 0.25) is 0 Å². The first-order valence-electron chi connectivity index (χ1n) is 11.9. The van der Waals surface area contributed by atoms with E-state index in [2.05, 4.69) is 38.0 Å². The smallest absolute Gasteiger partial charge is 0.0851 e. The third kappa shape index (κ3) is 2.68. The van der Waals surface area contributed by atoms with Crippen molar-refractivity contribution in [1.29, 1.82) is 0 Å². The Kier molecular flexibility index (Phi) is 4.54. The van der Waals surface area contributed by atoms with E-state index in [4.69, 9.17) is 0 Å². The van der Waals surface area contributed by atoms with Crippen molar-refractivity contribution in [1.82, 2.24) is 9.78 Å². The van der Waals surface area contributed by atoms with Crippen LogP contribution in [-0.4, -0.2) is 21.0 Å². The molecule has 0 saturated heterocycles. The molecule has 0 aromatic carbocycles. The Morgan fingerprint density at radius 2 is 1.96 bits per heavy atom. The van der Waals surface area contributed by atoms with Gasteiger partial charge in [0, 0.05) is 18.2 Å². The Balaban J connectivity index is 1.44. The molecule has 0 amide bonds. The highest BCUT2D eigenvalue weighted by molar-refractivity contribution is 5.52. The van der Waals surface area contributed by atoms with Gasteiger partial charge < -0.3 is 5.11 Å². The van der Waals surface area contributed by atoms with Crippen LogP contribution in [0.3, 0.4) is 0 Å². The Morgan fingerprint density at radius 3 is 2.75 bits per heavy atom. The summed E-state index contributed by atoms with van der Waals surface area (Å²) in [5, 5.41) is 16.0. The van der Waals surface area contributed by atoms with Crippen molar-refractivity contribution in [2.24, 2.45) is 34.5 Å². The van der Waals surface area contributed by atoms with Crippen molar-refractivity contribution < 1.29 is 5.11 Å². The van der Waals surface area contributed by atoms with E-state index >= 15 is 0 Å². The molecular formula is C25H38N2O. The van der Waals surface area contributed by atoms with Gasteiger partial charge in [-0.25, -0.2) is 0 Å². The molecule has 1 aromatic heterocycles. The summed E-state index contributed by atoms with van der Waals surface area (Å²) in [6, 6.07) is 2.09. The van der Waals surface area contributed by atoms with Crippen LogP contribution in [0.4, 0.5) is 0 Å². The van der Waals surface area contributed by atoms with Crippen LogP contribution in [0.25, 0.3) is 6.08 Å². The maximum atomic E-state index is 11.4. The van der Waals surface area contributed by atoms with Crippen molar-refractivity contribution in [3.63, 3.8) is 0 Å².